The van der Waals surface area contributed by atoms with Crippen molar-refractivity contribution in [3.63, 3.8) is 0 Å². The smallest absolute Gasteiger partial charge is 0.230 e. The molecule has 0 amide bonds. The summed E-state index contributed by atoms with van der Waals surface area (Å²) in [4.78, 5) is 18.9. The van der Waals surface area contributed by atoms with Crippen LogP contribution in [0, 0.1) is 6.92 Å². The molecule has 5 heteroatoms. The largest absolute Gasteiger partial charge is 0.341 e. The summed E-state index contributed by atoms with van der Waals surface area (Å²) in [6, 6.07) is 0. The van der Waals surface area contributed by atoms with E-state index in [4.69, 9.17) is 4.98 Å². The van der Waals surface area contributed by atoms with E-state index >= 15 is 0 Å². The Morgan fingerprint density at radius 2 is 0.880 bits per heavy atom. The second-order valence-corrected chi connectivity index (χ2v) is 6.87. The highest BCUT2D eigenvalue weighted by Gasteiger charge is 2.15. The number of nitrogens with zero attached hydrogens (tertiary/aromatic N) is 5. The average Bonchev–Trinajstić information content (AvgIpc) is 2.61. The zero-order valence-corrected chi connectivity index (χ0v) is 17.2. The third-order valence-corrected chi connectivity index (χ3v) is 4.42. The third-order valence-electron chi connectivity index (χ3n) is 4.42. The van der Waals surface area contributed by atoms with Crippen molar-refractivity contribution in [1.82, 2.24) is 15.0 Å². The first-order valence-electron chi connectivity index (χ1n) is 10.4. The van der Waals surface area contributed by atoms with Crippen LogP contribution in [0.5, 0.6) is 0 Å². The molecule has 1 aromatic heterocycles. The van der Waals surface area contributed by atoms with E-state index in [0.717, 1.165) is 43.9 Å². The van der Waals surface area contributed by atoms with Gasteiger partial charge >= 0.3 is 0 Å². The van der Waals surface area contributed by atoms with Crippen molar-refractivity contribution in [3.8, 4) is 0 Å². The van der Waals surface area contributed by atoms with Crippen LogP contribution in [0.1, 0.15) is 84.9 Å². The van der Waals surface area contributed by atoms with Gasteiger partial charge in [0.15, 0.2) is 0 Å². The number of unbranched alkanes of at least 4 members (excludes halogenated alkanes) is 4. The van der Waals surface area contributed by atoms with Gasteiger partial charge in [-0.05, 0) is 32.6 Å². The number of rotatable bonds is 14. The minimum atomic E-state index is 0.830. The summed E-state index contributed by atoms with van der Waals surface area (Å²) in [6.07, 6.45) is 9.49. The van der Waals surface area contributed by atoms with E-state index in [0.29, 0.717) is 0 Å². The average molecular weight is 350 g/mol. The number of anilines is 2. The Bertz CT molecular complexity index is 409. The minimum Gasteiger partial charge on any atom is -0.341 e. The summed E-state index contributed by atoms with van der Waals surface area (Å²) >= 11 is 0. The van der Waals surface area contributed by atoms with E-state index in [1.165, 1.54) is 51.4 Å². The van der Waals surface area contributed by atoms with Crippen molar-refractivity contribution in [1.29, 1.82) is 0 Å². The van der Waals surface area contributed by atoms with Gasteiger partial charge in [-0.1, -0.05) is 53.4 Å². The Balaban J connectivity index is 3.02. The molecule has 0 fully saturated rings. The zero-order chi connectivity index (χ0) is 18.5. The van der Waals surface area contributed by atoms with Crippen LogP contribution in [-0.2, 0) is 0 Å². The van der Waals surface area contributed by atoms with Gasteiger partial charge in [0, 0.05) is 26.2 Å². The van der Waals surface area contributed by atoms with Gasteiger partial charge < -0.3 is 9.80 Å². The van der Waals surface area contributed by atoms with Crippen molar-refractivity contribution in [2.24, 2.45) is 0 Å². The van der Waals surface area contributed by atoms with Gasteiger partial charge in [-0.25, -0.2) is 0 Å². The van der Waals surface area contributed by atoms with Gasteiger partial charge in [-0.2, -0.15) is 15.0 Å². The molecule has 25 heavy (non-hydrogen) atoms. The zero-order valence-electron chi connectivity index (χ0n) is 17.2. The Morgan fingerprint density at radius 3 is 1.16 bits per heavy atom. The predicted molar refractivity (Wildman–Crippen MR) is 109 cm³/mol. The van der Waals surface area contributed by atoms with Crippen LogP contribution in [0.25, 0.3) is 0 Å². The molecule has 144 valence electrons. The number of hydrogen-bond donors (Lipinski definition) is 0. The first-order chi connectivity index (χ1) is 12.2. The summed E-state index contributed by atoms with van der Waals surface area (Å²) < 4.78 is 0. The van der Waals surface area contributed by atoms with Crippen LogP contribution in [-0.4, -0.2) is 41.1 Å². The number of aromatic nitrogens is 3. The Kier molecular flexibility index (Phi) is 11.2. The minimum absolute atomic E-state index is 0.830. The lowest BCUT2D eigenvalue weighted by molar-refractivity contribution is 0.641. The predicted octanol–water partition coefficient (Wildman–Crippen LogP) is 4.99. The van der Waals surface area contributed by atoms with Gasteiger partial charge in [0.1, 0.15) is 5.82 Å². The summed E-state index contributed by atoms with van der Waals surface area (Å²) in [5.41, 5.74) is 0. The number of hydrogen-bond acceptors (Lipinski definition) is 5. The lowest BCUT2D eigenvalue weighted by Crippen LogP contribution is -2.31. The van der Waals surface area contributed by atoms with Crippen LogP contribution < -0.4 is 9.80 Å². The van der Waals surface area contributed by atoms with Crippen LogP contribution in [0.4, 0.5) is 11.9 Å². The summed E-state index contributed by atoms with van der Waals surface area (Å²) in [6.45, 7) is 15.1. The molecular weight excluding hydrogens is 310 g/mol. The SMILES string of the molecule is CCCCN(CCCC)c1nc(C)nc(N(CCCC)CCCC)n1. The molecule has 1 rings (SSSR count). The molecule has 5 nitrogen and oxygen atoms in total. The summed E-state index contributed by atoms with van der Waals surface area (Å²) in [5.74, 6) is 2.56. The molecule has 1 aromatic rings. The van der Waals surface area contributed by atoms with Gasteiger partial charge in [0.25, 0.3) is 0 Å². The molecule has 0 atom stereocenters. The van der Waals surface area contributed by atoms with Crippen LogP contribution in [0.2, 0.25) is 0 Å². The quantitative estimate of drug-likeness (QED) is 0.473. The van der Waals surface area contributed by atoms with E-state index in [1.54, 1.807) is 0 Å². The molecule has 0 aliphatic rings. The molecule has 0 saturated heterocycles. The van der Waals surface area contributed by atoms with Crippen molar-refractivity contribution in [2.75, 3.05) is 36.0 Å². The Hall–Kier alpha value is -1.39. The lowest BCUT2D eigenvalue weighted by atomic mass is 10.2. The van der Waals surface area contributed by atoms with Crippen molar-refractivity contribution in [2.45, 2.75) is 86.0 Å². The summed E-state index contributed by atoms with van der Waals surface area (Å²) in [7, 11) is 0. The van der Waals surface area contributed by atoms with E-state index in [1.807, 2.05) is 6.92 Å². The highest BCUT2D eigenvalue weighted by Crippen LogP contribution is 2.17. The molecule has 0 saturated carbocycles. The maximum Gasteiger partial charge on any atom is 0.230 e. The van der Waals surface area contributed by atoms with E-state index in [-0.39, 0.29) is 0 Å². The fourth-order valence-electron chi connectivity index (χ4n) is 2.76. The molecule has 0 aromatic carbocycles. The van der Waals surface area contributed by atoms with Crippen molar-refractivity contribution in [3.05, 3.63) is 5.82 Å². The second kappa shape index (κ2) is 12.9. The van der Waals surface area contributed by atoms with Gasteiger partial charge in [-0.3, -0.25) is 0 Å². The Labute approximate surface area is 155 Å². The maximum atomic E-state index is 4.88. The second-order valence-electron chi connectivity index (χ2n) is 6.87. The molecule has 1 heterocycles. The highest BCUT2D eigenvalue weighted by molar-refractivity contribution is 5.39. The molecule has 0 radical (unpaired) electrons. The molecular formula is C20H39N5. The molecule has 0 bridgehead atoms. The fraction of sp³-hybridized carbons (Fsp3) is 0.850. The van der Waals surface area contributed by atoms with Crippen molar-refractivity contribution >= 4 is 11.9 Å². The van der Waals surface area contributed by atoms with E-state index in [9.17, 15) is 0 Å². The summed E-state index contributed by atoms with van der Waals surface area (Å²) in [5, 5.41) is 0. The lowest BCUT2D eigenvalue weighted by Gasteiger charge is -2.26. The van der Waals surface area contributed by atoms with Crippen molar-refractivity contribution < 1.29 is 0 Å². The Morgan fingerprint density at radius 1 is 0.560 bits per heavy atom. The van der Waals surface area contributed by atoms with E-state index in [2.05, 4.69) is 47.5 Å². The fourth-order valence-corrected chi connectivity index (χ4v) is 2.76. The third kappa shape index (κ3) is 8.02. The van der Waals surface area contributed by atoms with E-state index < -0.39 is 0 Å². The molecule has 0 spiro atoms. The molecule has 0 N–H and O–H groups in total. The highest BCUT2D eigenvalue weighted by atomic mass is 15.3. The standard InChI is InChI=1S/C20H39N5/c1-6-10-14-24(15-11-7-2)19-21-18(5)22-20(23-19)25(16-12-8-3)17-13-9-4/h6-17H2,1-5H3. The topological polar surface area (TPSA) is 45.2 Å². The van der Waals surface area contributed by atoms with Crippen LogP contribution in [0.3, 0.4) is 0 Å². The normalized spacial score (nSPS) is 10.9. The monoisotopic (exact) mass is 349 g/mol. The first kappa shape index (κ1) is 21.7. The van der Waals surface area contributed by atoms with Gasteiger partial charge in [-0.15, -0.1) is 0 Å². The molecule has 0 unspecified atom stereocenters. The van der Waals surface area contributed by atoms with Gasteiger partial charge in [0.05, 0.1) is 0 Å². The van der Waals surface area contributed by atoms with Crippen LogP contribution in [0.15, 0.2) is 0 Å². The first-order valence-corrected chi connectivity index (χ1v) is 10.4. The number of aryl methyl sites for hydroxylation is 1. The molecule has 0 aliphatic heterocycles. The van der Waals surface area contributed by atoms with Crippen LogP contribution >= 0.6 is 0 Å². The van der Waals surface area contributed by atoms with Gasteiger partial charge in [0.2, 0.25) is 11.9 Å². The molecule has 0 aliphatic carbocycles. The maximum absolute atomic E-state index is 4.88.